The third-order valence-electron chi connectivity index (χ3n) is 4.23. The zero-order valence-electron chi connectivity index (χ0n) is 14.3. The Bertz CT molecular complexity index is 896. The molecule has 0 fully saturated rings. The summed E-state index contributed by atoms with van der Waals surface area (Å²) in [7, 11) is 0. The molecule has 3 aromatic rings. The number of hydrogen-bond acceptors (Lipinski definition) is 5. The van der Waals surface area contributed by atoms with Gasteiger partial charge in [0.05, 0.1) is 25.2 Å². The molecule has 1 aliphatic rings. The number of benzene rings is 1. The highest BCUT2D eigenvalue weighted by Crippen LogP contribution is 2.34. The molecule has 1 atom stereocenters. The molecule has 0 bridgehead atoms. The van der Waals surface area contributed by atoms with Gasteiger partial charge in [-0.15, -0.1) is 0 Å². The molecule has 0 N–H and O–H groups in total. The molecule has 1 aliphatic heterocycles. The van der Waals surface area contributed by atoms with Gasteiger partial charge in [-0.2, -0.15) is 5.10 Å². The van der Waals surface area contributed by atoms with Crippen molar-refractivity contribution in [1.82, 2.24) is 5.01 Å². The van der Waals surface area contributed by atoms with Crippen LogP contribution in [-0.4, -0.2) is 23.2 Å². The molecule has 1 aromatic carbocycles. The van der Waals surface area contributed by atoms with E-state index in [-0.39, 0.29) is 17.7 Å². The summed E-state index contributed by atoms with van der Waals surface area (Å²) < 4.78 is 16.2. The van der Waals surface area contributed by atoms with Gasteiger partial charge in [0.25, 0.3) is 0 Å². The SMILES string of the molecule is CCOc1ccc([C@@H]2CC(c3ccco3)=NN2C(=O)c2ccco2)cc1. The first kappa shape index (κ1) is 16.2. The average Bonchev–Trinajstić information content (AvgIpc) is 3.42. The second-order valence-electron chi connectivity index (χ2n) is 5.87. The van der Waals surface area contributed by atoms with E-state index in [4.69, 9.17) is 13.6 Å². The van der Waals surface area contributed by atoms with E-state index in [1.165, 1.54) is 11.3 Å². The number of ether oxygens (including phenoxy) is 1. The largest absolute Gasteiger partial charge is 0.494 e. The van der Waals surface area contributed by atoms with Gasteiger partial charge in [-0.3, -0.25) is 4.79 Å². The van der Waals surface area contributed by atoms with Gasteiger partial charge >= 0.3 is 5.91 Å². The zero-order valence-corrected chi connectivity index (χ0v) is 14.3. The number of carbonyl (C=O) groups excluding carboxylic acids is 1. The number of furan rings is 2. The molecule has 2 aromatic heterocycles. The monoisotopic (exact) mass is 350 g/mol. The lowest BCUT2D eigenvalue weighted by Crippen LogP contribution is -2.26. The number of rotatable bonds is 5. The maximum absolute atomic E-state index is 12.8. The van der Waals surface area contributed by atoms with E-state index < -0.39 is 0 Å². The number of hydrazone groups is 1. The van der Waals surface area contributed by atoms with E-state index in [2.05, 4.69) is 5.10 Å². The highest BCUT2D eigenvalue weighted by molar-refractivity contribution is 6.02. The Labute approximate surface area is 150 Å². The van der Waals surface area contributed by atoms with Gasteiger partial charge in [-0.25, -0.2) is 5.01 Å². The van der Waals surface area contributed by atoms with Crippen molar-refractivity contribution in [3.05, 3.63) is 78.1 Å². The Morgan fingerprint density at radius 2 is 1.92 bits per heavy atom. The number of carbonyl (C=O) groups is 1. The third kappa shape index (κ3) is 3.01. The summed E-state index contributed by atoms with van der Waals surface area (Å²) in [6.07, 6.45) is 3.64. The molecule has 0 saturated heterocycles. The molecule has 6 nitrogen and oxygen atoms in total. The standard InChI is InChI=1S/C20H18N2O4/c1-2-24-15-9-7-14(8-10-15)17-13-16(18-5-3-11-25-18)21-22(17)20(23)19-6-4-12-26-19/h3-12,17H,2,13H2,1H3/t17-/m0/s1. The van der Waals surface area contributed by atoms with Crippen molar-refractivity contribution >= 4 is 11.6 Å². The second-order valence-corrected chi connectivity index (χ2v) is 5.87. The van der Waals surface area contributed by atoms with Crippen molar-refractivity contribution in [2.24, 2.45) is 5.10 Å². The molecule has 0 saturated carbocycles. The molecule has 6 heteroatoms. The van der Waals surface area contributed by atoms with Crippen molar-refractivity contribution in [3.8, 4) is 5.75 Å². The Hall–Kier alpha value is -3.28. The zero-order chi connectivity index (χ0) is 17.9. The predicted octanol–water partition coefficient (Wildman–Crippen LogP) is 4.26. The second kappa shape index (κ2) is 6.92. The first-order valence-electron chi connectivity index (χ1n) is 8.47. The summed E-state index contributed by atoms with van der Waals surface area (Å²) >= 11 is 0. The fourth-order valence-corrected chi connectivity index (χ4v) is 3.01. The van der Waals surface area contributed by atoms with Crippen molar-refractivity contribution < 1.29 is 18.4 Å². The summed E-state index contributed by atoms with van der Waals surface area (Å²) in [6, 6.07) is 14.5. The molecule has 0 aliphatic carbocycles. The minimum Gasteiger partial charge on any atom is -0.494 e. The van der Waals surface area contributed by atoms with Crippen LogP contribution in [0.2, 0.25) is 0 Å². The number of amides is 1. The van der Waals surface area contributed by atoms with E-state index in [0.717, 1.165) is 17.0 Å². The smallest absolute Gasteiger partial charge is 0.310 e. The van der Waals surface area contributed by atoms with E-state index in [9.17, 15) is 4.79 Å². The lowest BCUT2D eigenvalue weighted by atomic mass is 10.0. The molecule has 4 rings (SSSR count). The predicted molar refractivity (Wildman–Crippen MR) is 95.1 cm³/mol. The first-order valence-corrected chi connectivity index (χ1v) is 8.47. The minimum atomic E-state index is -0.282. The molecule has 1 amide bonds. The molecule has 0 radical (unpaired) electrons. The molecular weight excluding hydrogens is 332 g/mol. The van der Waals surface area contributed by atoms with E-state index in [0.29, 0.717) is 18.8 Å². The van der Waals surface area contributed by atoms with Crippen molar-refractivity contribution in [3.63, 3.8) is 0 Å². The molecular formula is C20H18N2O4. The van der Waals surface area contributed by atoms with Gasteiger partial charge in [0.15, 0.2) is 5.76 Å². The summed E-state index contributed by atoms with van der Waals surface area (Å²) in [6.45, 7) is 2.55. The van der Waals surface area contributed by atoms with Crippen LogP contribution < -0.4 is 4.74 Å². The summed E-state index contributed by atoms with van der Waals surface area (Å²) in [5.41, 5.74) is 1.70. The van der Waals surface area contributed by atoms with E-state index >= 15 is 0 Å². The van der Waals surface area contributed by atoms with Crippen LogP contribution in [0.25, 0.3) is 0 Å². The lowest BCUT2D eigenvalue weighted by Gasteiger charge is -2.21. The summed E-state index contributed by atoms with van der Waals surface area (Å²) in [5, 5.41) is 5.98. The Morgan fingerprint density at radius 3 is 2.58 bits per heavy atom. The van der Waals surface area contributed by atoms with Crippen LogP contribution in [-0.2, 0) is 0 Å². The van der Waals surface area contributed by atoms with Crippen molar-refractivity contribution in [2.45, 2.75) is 19.4 Å². The average molecular weight is 350 g/mol. The molecule has 132 valence electrons. The first-order chi connectivity index (χ1) is 12.8. The van der Waals surface area contributed by atoms with Crippen LogP contribution >= 0.6 is 0 Å². The van der Waals surface area contributed by atoms with Crippen LogP contribution in [0.4, 0.5) is 0 Å². The van der Waals surface area contributed by atoms with Crippen LogP contribution in [0.15, 0.2) is 75.0 Å². The normalized spacial score (nSPS) is 16.6. The summed E-state index contributed by atoms with van der Waals surface area (Å²) in [5.74, 6) is 1.43. The van der Waals surface area contributed by atoms with Gasteiger partial charge < -0.3 is 13.6 Å². The van der Waals surface area contributed by atoms with Crippen LogP contribution in [0.5, 0.6) is 5.75 Å². The highest BCUT2D eigenvalue weighted by atomic mass is 16.5. The van der Waals surface area contributed by atoms with Gasteiger partial charge in [0.1, 0.15) is 17.2 Å². The minimum absolute atomic E-state index is 0.233. The number of nitrogens with zero attached hydrogens (tertiary/aromatic N) is 2. The molecule has 0 spiro atoms. The third-order valence-corrected chi connectivity index (χ3v) is 4.23. The Balaban J connectivity index is 1.66. The fraction of sp³-hybridized carbons (Fsp3) is 0.200. The fourth-order valence-electron chi connectivity index (χ4n) is 3.01. The number of hydrogen-bond donors (Lipinski definition) is 0. The van der Waals surface area contributed by atoms with Crippen LogP contribution in [0, 0.1) is 0 Å². The molecule has 0 unspecified atom stereocenters. The highest BCUT2D eigenvalue weighted by Gasteiger charge is 2.35. The van der Waals surface area contributed by atoms with Gasteiger partial charge in [-0.05, 0) is 48.9 Å². The molecule has 3 heterocycles. The topological polar surface area (TPSA) is 68.2 Å². The quantitative estimate of drug-likeness (QED) is 0.689. The maximum Gasteiger partial charge on any atom is 0.310 e. The van der Waals surface area contributed by atoms with Crippen molar-refractivity contribution in [2.75, 3.05) is 6.61 Å². The van der Waals surface area contributed by atoms with E-state index in [1.54, 1.807) is 24.5 Å². The Morgan fingerprint density at radius 1 is 1.15 bits per heavy atom. The van der Waals surface area contributed by atoms with Gasteiger partial charge in [-0.1, -0.05) is 12.1 Å². The molecule has 26 heavy (non-hydrogen) atoms. The van der Waals surface area contributed by atoms with Gasteiger partial charge in [0, 0.05) is 6.42 Å². The van der Waals surface area contributed by atoms with E-state index in [1.807, 2.05) is 37.3 Å². The lowest BCUT2D eigenvalue weighted by molar-refractivity contribution is 0.0678. The maximum atomic E-state index is 12.8. The van der Waals surface area contributed by atoms with Crippen molar-refractivity contribution in [1.29, 1.82) is 0 Å². The Kier molecular flexibility index (Phi) is 4.31. The van der Waals surface area contributed by atoms with Gasteiger partial charge in [0.2, 0.25) is 0 Å². The van der Waals surface area contributed by atoms with Crippen LogP contribution in [0.1, 0.15) is 41.3 Å². The van der Waals surface area contributed by atoms with Crippen LogP contribution in [0.3, 0.4) is 0 Å². The summed E-state index contributed by atoms with van der Waals surface area (Å²) in [4.78, 5) is 12.8.